The Hall–Kier alpha value is -1.78. The fourth-order valence-corrected chi connectivity index (χ4v) is 3.89. The maximum absolute atomic E-state index is 13.3. The highest BCUT2D eigenvalue weighted by atomic mass is 35.5. The highest BCUT2D eigenvalue weighted by Gasteiger charge is 2.61. The Balaban J connectivity index is 1.95. The zero-order chi connectivity index (χ0) is 21.4. The van der Waals surface area contributed by atoms with Crippen LogP contribution in [0.2, 0.25) is 5.02 Å². The van der Waals surface area contributed by atoms with Crippen molar-refractivity contribution in [3.63, 3.8) is 0 Å². The summed E-state index contributed by atoms with van der Waals surface area (Å²) in [6.45, 7) is -0.181. The van der Waals surface area contributed by atoms with E-state index in [-0.39, 0.29) is 13.1 Å². The molecule has 2 heterocycles. The first kappa shape index (κ1) is 21.9. The lowest BCUT2D eigenvalue weighted by atomic mass is 9.94. The zero-order valence-electron chi connectivity index (χ0n) is 15.4. The van der Waals surface area contributed by atoms with E-state index in [1.54, 1.807) is 37.5 Å². The Morgan fingerprint density at radius 3 is 2.45 bits per heavy atom. The molecule has 0 bridgehead atoms. The minimum absolute atomic E-state index is 0.0458. The lowest BCUT2D eigenvalue weighted by molar-refractivity contribution is -0.300. The summed E-state index contributed by atoms with van der Waals surface area (Å²) in [5.74, 6) is -3.44. The van der Waals surface area contributed by atoms with Gasteiger partial charge in [-0.25, -0.2) is 0 Å². The van der Waals surface area contributed by atoms with E-state index in [2.05, 4.69) is 10.4 Å². The largest absolute Gasteiger partial charge is 0.402 e. The van der Waals surface area contributed by atoms with Gasteiger partial charge in [-0.1, -0.05) is 29.8 Å². The first-order valence-corrected chi connectivity index (χ1v) is 9.22. The van der Waals surface area contributed by atoms with Crippen molar-refractivity contribution in [3.05, 3.63) is 41.0 Å². The van der Waals surface area contributed by atoms with Crippen LogP contribution in [0.3, 0.4) is 0 Å². The Morgan fingerprint density at radius 1 is 1.17 bits per heavy atom. The van der Waals surface area contributed by atoms with Crippen molar-refractivity contribution in [2.75, 3.05) is 19.6 Å². The summed E-state index contributed by atoms with van der Waals surface area (Å²) in [7, 11) is 1.63. The third-order valence-corrected chi connectivity index (χ3v) is 5.22. The molecule has 1 aliphatic rings. The number of aryl methyl sites for hydroxylation is 1. The van der Waals surface area contributed by atoms with Crippen LogP contribution in [0.15, 0.2) is 30.5 Å². The molecule has 3 rings (SSSR count). The number of rotatable bonds is 4. The summed E-state index contributed by atoms with van der Waals surface area (Å²) in [5.41, 5.74) is 1.51. The van der Waals surface area contributed by atoms with E-state index in [4.69, 9.17) is 11.6 Å². The van der Waals surface area contributed by atoms with Gasteiger partial charge in [0.2, 0.25) is 0 Å². The molecule has 1 aliphatic heterocycles. The quantitative estimate of drug-likeness (QED) is 0.721. The van der Waals surface area contributed by atoms with Crippen molar-refractivity contribution in [1.82, 2.24) is 20.0 Å². The molecule has 0 amide bonds. The molecule has 29 heavy (non-hydrogen) atoms. The number of piperazine rings is 1. The average Bonchev–Trinajstić information content (AvgIpc) is 2.94. The summed E-state index contributed by atoms with van der Waals surface area (Å²) in [5, 5.41) is 7.37. The van der Waals surface area contributed by atoms with E-state index >= 15 is 0 Å². The molecule has 160 valence electrons. The average molecular weight is 441 g/mol. The van der Waals surface area contributed by atoms with Gasteiger partial charge < -0.3 is 5.32 Å². The van der Waals surface area contributed by atoms with E-state index < -0.39 is 30.9 Å². The normalized spacial score (nSPS) is 19.1. The third-order valence-electron chi connectivity index (χ3n) is 4.90. The molecule has 1 aromatic heterocycles. The molecule has 1 N–H and O–H groups in total. The molecule has 1 aromatic carbocycles. The number of hydrogen-bond acceptors (Lipinski definition) is 3. The topological polar surface area (TPSA) is 33.1 Å². The molecule has 11 heteroatoms. The fourth-order valence-electron chi connectivity index (χ4n) is 3.67. The lowest BCUT2D eigenvalue weighted by Crippen LogP contribution is -2.60. The van der Waals surface area contributed by atoms with Gasteiger partial charge in [0.15, 0.2) is 5.92 Å². The Bertz CT molecular complexity index is 834. The molecule has 1 atom stereocenters. The predicted molar refractivity (Wildman–Crippen MR) is 96.3 cm³/mol. The molecule has 1 unspecified atom stereocenters. The molecule has 0 spiro atoms. The number of alkyl halides is 6. The molecule has 0 aliphatic carbocycles. The van der Waals surface area contributed by atoms with Crippen molar-refractivity contribution in [2.24, 2.45) is 13.0 Å². The summed E-state index contributed by atoms with van der Waals surface area (Å²) >= 11 is 6.21. The van der Waals surface area contributed by atoms with E-state index in [1.165, 1.54) is 9.58 Å². The van der Waals surface area contributed by atoms with E-state index in [9.17, 15) is 26.3 Å². The van der Waals surface area contributed by atoms with Gasteiger partial charge in [0, 0.05) is 56.6 Å². The van der Waals surface area contributed by atoms with E-state index in [1.807, 2.05) is 0 Å². The fraction of sp³-hybridized carbons (Fsp3) is 0.500. The van der Waals surface area contributed by atoms with Gasteiger partial charge in [0.05, 0.1) is 10.7 Å². The highest BCUT2D eigenvalue weighted by molar-refractivity contribution is 6.33. The van der Waals surface area contributed by atoms with Crippen LogP contribution in [-0.4, -0.2) is 52.7 Å². The number of nitrogens with zero attached hydrogens (tertiary/aromatic N) is 3. The predicted octanol–water partition coefficient (Wildman–Crippen LogP) is 4.26. The SMILES string of the molecule is Cn1cc(CN2CCNCC2C(C(F)(F)F)C(F)(F)F)c(-c2ccccc2Cl)n1. The van der Waals surface area contributed by atoms with E-state index in [0.29, 0.717) is 28.4 Å². The molecule has 4 nitrogen and oxygen atoms in total. The smallest absolute Gasteiger partial charge is 0.314 e. The molecule has 0 saturated carbocycles. The van der Waals surface area contributed by atoms with Crippen LogP contribution in [0.25, 0.3) is 11.3 Å². The molecule has 0 radical (unpaired) electrons. The molecular weight excluding hydrogens is 422 g/mol. The summed E-state index contributed by atoms with van der Waals surface area (Å²) in [6.07, 6.45) is -9.21. The number of aromatic nitrogens is 2. The number of benzene rings is 1. The van der Waals surface area contributed by atoms with Crippen LogP contribution in [-0.2, 0) is 13.6 Å². The van der Waals surface area contributed by atoms with Crippen LogP contribution in [0, 0.1) is 5.92 Å². The van der Waals surface area contributed by atoms with Crippen molar-refractivity contribution < 1.29 is 26.3 Å². The molecule has 1 fully saturated rings. The molecular formula is C18H19ClF6N4. The van der Waals surface area contributed by atoms with Gasteiger partial charge in [0.1, 0.15) is 0 Å². The summed E-state index contributed by atoms with van der Waals surface area (Å²) in [4.78, 5) is 1.22. The second-order valence-electron chi connectivity index (χ2n) is 6.96. The summed E-state index contributed by atoms with van der Waals surface area (Å²) in [6, 6.07) is 5.03. The Morgan fingerprint density at radius 2 is 1.83 bits per heavy atom. The highest BCUT2D eigenvalue weighted by Crippen LogP contribution is 2.43. The molecule has 2 aromatic rings. The second-order valence-corrected chi connectivity index (χ2v) is 7.37. The van der Waals surface area contributed by atoms with Gasteiger partial charge in [-0.2, -0.15) is 31.4 Å². The van der Waals surface area contributed by atoms with Crippen molar-refractivity contribution in [1.29, 1.82) is 0 Å². The first-order chi connectivity index (χ1) is 13.5. The van der Waals surface area contributed by atoms with Crippen LogP contribution in [0.4, 0.5) is 26.3 Å². The Labute approximate surface area is 168 Å². The van der Waals surface area contributed by atoms with Crippen molar-refractivity contribution >= 4 is 11.6 Å². The van der Waals surface area contributed by atoms with Gasteiger partial charge in [-0.15, -0.1) is 0 Å². The maximum atomic E-state index is 13.3. The maximum Gasteiger partial charge on any atom is 0.402 e. The van der Waals surface area contributed by atoms with Gasteiger partial charge >= 0.3 is 12.4 Å². The van der Waals surface area contributed by atoms with Crippen LogP contribution in [0.5, 0.6) is 0 Å². The minimum atomic E-state index is -5.40. The zero-order valence-corrected chi connectivity index (χ0v) is 16.1. The summed E-state index contributed by atoms with van der Waals surface area (Å²) < 4.78 is 81.3. The first-order valence-electron chi connectivity index (χ1n) is 8.84. The number of hydrogen-bond donors (Lipinski definition) is 1. The van der Waals surface area contributed by atoms with Crippen molar-refractivity contribution in [2.45, 2.75) is 24.9 Å². The van der Waals surface area contributed by atoms with Gasteiger partial charge in [-0.05, 0) is 6.07 Å². The monoisotopic (exact) mass is 440 g/mol. The standard InChI is InChI=1S/C18H19ClF6N4/c1-28-9-11(15(27-28)12-4-2-3-5-13(12)19)10-29-7-6-26-8-14(29)16(17(20,21)22)18(23,24)25/h2-5,9,14,16,26H,6-8,10H2,1H3. The van der Waals surface area contributed by atoms with E-state index in [0.717, 1.165) is 0 Å². The lowest BCUT2D eigenvalue weighted by Gasteiger charge is -2.41. The van der Waals surface area contributed by atoms with Crippen LogP contribution in [0.1, 0.15) is 5.56 Å². The number of halogens is 7. The van der Waals surface area contributed by atoms with Crippen molar-refractivity contribution in [3.8, 4) is 11.3 Å². The molecule has 1 saturated heterocycles. The van der Waals surface area contributed by atoms with Crippen LogP contribution >= 0.6 is 11.6 Å². The van der Waals surface area contributed by atoms with Gasteiger partial charge in [-0.3, -0.25) is 9.58 Å². The Kier molecular flexibility index (Phi) is 6.16. The number of nitrogens with one attached hydrogen (secondary N) is 1. The minimum Gasteiger partial charge on any atom is -0.314 e. The van der Waals surface area contributed by atoms with Gasteiger partial charge in [0.25, 0.3) is 0 Å². The second kappa shape index (κ2) is 8.16. The third kappa shape index (κ3) is 4.87. The van der Waals surface area contributed by atoms with Crippen LogP contribution < -0.4 is 5.32 Å².